The van der Waals surface area contributed by atoms with Crippen molar-refractivity contribution in [1.29, 1.82) is 0 Å². The third-order valence-corrected chi connectivity index (χ3v) is 5.19. The van der Waals surface area contributed by atoms with Crippen LogP contribution in [0.5, 0.6) is 0 Å². The van der Waals surface area contributed by atoms with Crippen LogP contribution in [0.3, 0.4) is 0 Å². The summed E-state index contributed by atoms with van der Waals surface area (Å²) in [6, 6.07) is 0. The molecule has 2 aliphatic rings. The molecule has 1 fully saturated rings. The number of ether oxygens (including phenoxy) is 1. The molecule has 1 heterocycles. The predicted molar refractivity (Wildman–Crippen MR) is 98.2 cm³/mol. The summed E-state index contributed by atoms with van der Waals surface area (Å²) in [6.45, 7) is 4.94. The molecule has 1 aliphatic carbocycles. The summed E-state index contributed by atoms with van der Waals surface area (Å²) in [5.41, 5.74) is 1.41. The minimum atomic E-state index is -0.506. The quantitative estimate of drug-likeness (QED) is 0.513. The molecule has 2 N–H and O–H groups in total. The molecule has 25 heavy (non-hydrogen) atoms. The molecule has 0 atom stereocenters. The Hall–Kier alpha value is -1.40. The number of allylic oxidation sites excluding steroid dienone is 1. The molecule has 6 heteroatoms. The highest BCUT2D eigenvalue weighted by molar-refractivity contribution is 6.35. The standard InChI is InChI=1S/C19H33N3O3/c1-25-14-13-22-11-8-17(9-12-22)15-21-19(24)18(23)20-10-7-16-5-3-2-4-6-16/h5,17H,2-4,6-15H2,1H3,(H,20,23)(H,21,24). The fourth-order valence-electron chi connectivity index (χ4n) is 3.50. The lowest BCUT2D eigenvalue weighted by Gasteiger charge is -2.31. The van der Waals surface area contributed by atoms with Crippen LogP contribution < -0.4 is 10.6 Å². The fourth-order valence-corrected chi connectivity index (χ4v) is 3.50. The normalized spacial score (nSPS) is 19.3. The van der Waals surface area contributed by atoms with Gasteiger partial charge in [-0.3, -0.25) is 9.59 Å². The van der Waals surface area contributed by atoms with Crippen molar-refractivity contribution in [2.24, 2.45) is 5.92 Å². The van der Waals surface area contributed by atoms with Crippen molar-refractivity contribution in [3.8, 4) is 0 Å². The van der Waals surface area contributed by atoms with Gasteiger partial charge >= 0.3 is 11.8 Å². The number of hydrogen-bond donors (Lipinski definition) is 2. The number of carbonyl (C=O) groups excluding carboxylic acids is 2. The molecule has 1 saturated heterocycles. The maximum Gasteiger partial charge on any atom is 0.309 e. The highest BCUT2D eigenvalue weighted by atomic mass is 16.5. The minimum absolute atomic E-state index is 0.461. The van der Waals surface area contributed by atoms with E-state index in [9.17, 15) is 9.59 Å². The van der Waals surface area contributed by atoms with E-state index < -0.39 is 11.8 Å². The van der Waals surface area contributed by atoms with Crippen molar-refractivity contribution in [2.45, 2.75) is 44.9 Å². The van der Waals surface area contributed by atoms with E-state index in [1.165, 1.54) is 18.4 Å². The number of piperidine rings is 1. The lowest BCUT2D eigenvalue weighted by Crippen LogP contribution is -2.44. The number of rotatable bonds is 8. The van der Waals surface area contributed by atoms with E-state index in [-0.39, 0.29) is 0 Å². The zero-order valence-corrected chi connectivity index (χ0v) is 15.5. The summed E-state index contributed by atoms with van der Waals surface area (Å²) >= 11 is 0. The zero-order chi connectivity index (χ0) is 17.9. The monoisotopic (exact) mass is 351 g/mol. The number of amides is 2. The number of nitrogens with one attached hydrogen (secondary N) is 2. The van der Waals surface area contributed by atoms with Gasteiger partial charge in [0.05, 0.1) is 6.61 Å². The SMILES string of the molecule is COCCN1CCC(CNC(=O)C(=O)NCCC2=CCCCC2)CC1. The molecule has 0 aromatic carbocycles. The Balaban J connectivity index is 1.55. The summed E-state index contributed by atoms with van der Waals surface area (Å²) < 4.78 is 5.10. The molecule has 2 rings (SSSR count). The Bertz CT molecular complexity index is 457. The number of methoxy groups -OCH3 is 1. The van der Waals surface area contributed by atoms with Crippen molar-refractivity contribution in [2.75, 3.05) is 46.4 Å². The second-order valence-corrected chi connectivity index (χ2v) is 7.10. The van der Waals surface area contributed by atoms with Gasteiger partial charge in [-0.2, -0.15) is 0 Å². The highest BCUT2D eigenvalue weighted by Crippen LogP contribution is 2.19. The Labute approximate surface area is 151 Å². The van der Waals surface area contributed by atoms with Gasteiger partial charge in [0.15, 0.2) is 0 Å². The smallest absolute Gasteiger partial charge is 0.309 e. The molecule has 0 radical (unpaired) electrons. The summed E-state index contributed by atoms with van der Waals surface area (Å²) in [5, 5.41) is 5.52. The van der Waals surface area contributed by atoms with Gasteiger partial charge in [0.2, 0.25) is 0 Å². The van der Waals surface area contributed by atoms with Gasteiger partial charge in [-0.05, 0) is 64.0 Å². The van der Waals surface area contributed by atoms with E-state index in [2.05, 4.69) is 21.6 Å². The van der Waals surface area contributed by atoms with Crippen LogP contribution in [-0.2, 0) is 14.3 Å². The predicted octanol–water partition coefficient (Wildman–Crippen LogP) is 1.47. The molecule has 0 bridgehead atoms. The maximum atomic E-state index is 11.9. The average Bonchev–Trinajstić information content (AvgIpc) is 2.66. The largest absolute Gasteiger partial charge is 0.383 e. The van der Waals surface area contributed by atoms with Crippen LogP contribution in [0, 0.1) is 5.92 Å². The Morgan fingerprint density at radius 1 is 1.20 bits per heavy atom. The summed E-state index contributed by atoms with van der Waals surface area (Å²) in [5.74, 6) is -0.545. The minimum Gasteiger partial charge on any atom is -0.383 e. The molecular formula is C19H33N3O3. The second kappa shape index (κ2) is 11.3. The highest BCUT2D eigenvalue weighted by Gasteiger charge is 2.21. The maximum absolute atomic E-state index is 11.9. The van der Waals surface area contributed by atoms with Crippen molar-refractivity contribution < 1.29 is 14.3 Å². The number of carbonyl (C=O) groups is 2. The molecule has 2 amide bonds. The van der Waals surface area contributed by atoms with E-state index in [1.807, 2.05) is 0 Å². The van der Waals surface area contributed by atoms with Gasteiger partial charge in [-0.1, -0.05) is 11.6 Å². The van der Waals surface area contributed by atoms with E-state index >= 15 is 0 Å². The van der Waals surface area contributed by atoms with E-state index in [4.69, 9.17) is 4.74 Å². The first kappa shape index (κ1) is 19.9. The molecule has 0 spiro atoms. The lowest BCUT2D eigenvalue weighted by atomic mass is 9.97. The molecule has 0 aromatic rings. The zero-order valence-electron chi connectivity index (χ0n) is 15.5. The average molecular weight is 351 g/mol. The third kappa shape index (κ3) is 7.57. The van der Waals surface area contributed by atoms with Gasteiger partial charge < -0.3 is 20.3 Å². The van der Waals surface area contributed by atoms with Gasteiger partial charge in [0.1, 0.15) is 0 Å². The molecule has 0 saturated carbocycles. The molecular weight excluding hydrogens is 318 g/mol. The molecule has 142 valence electrons. The molecule has 1 aliphatic heterocycles. The first-order valence-electron chi connectivity index (χ1n) is 9.64. The van der Waals surface area contributed by atoms with Crippen LogP contribution in [0.15, 0.2) is 11.6 Å². The van der Waals surface area contributed by atoms with Crippen molar-refractivity contribution in [1.82, 2.24) is 15.5 Å². The third-order valence-electron chi connectivity index (χ3n) is 5.19. The topological polar surface area (TPSA) is 70.7 Å². The number of likely N-dealkylation sites (tertiary alicyclic amines) is 1. The Kier molecular flexibility index (Phi) is 8.97. The van der Waals surface area contributed by atoms with Gasteiger partial charge in [-0.25, -0.2) is 0 Å². The Morgan fingerprint density at radius 3 is 2.64 bits per heavy atom. The van der Waals surface area contributed by atoms with Crippen LogP contribution in [0.2, 0.25) is 0 Å². The van der Waals surface area contributed by atoms with Gasteiger partial charge in [0, 0.05) is 26.7 Å². The van der Waals surface area contributed by atoms with Crippen LogP contribution in [0.4, 0.5) is 0 Å². The fraction of sp³-hybridized carbons (Fsp3) is 0.789. The van der Waals surface area contributed by atoms with Crippen LogP contribution >= 0.6 is 0 Å². The first-order valence-corrected chi connectivity index (χ1v) is 9.64. The number of nitrogens with zero attached hydrogens (tertiary/aromatic N) is 1. The molecule has 6 nitrogen and oxygen atoms in total. The lowest BCUT2D eigenvalue weighted by molar-refractivity contribution is -0.139. The van der Waals surface area contributed by atoms with Crippen molar-refractivity contribution >= 4 is 11.8 Å². The summed E-state index contributed by atoms with van der Waals surface area (Å²) in [7, 11) is 1.72. The van der Waals surface area contributed by atoms with Crippen LogP contribution in [0.25, 0.3) is 0 Å². The van der Waals surface area contributed by atoms with Crippen molar-refractivity contribution in [3.63, 3.8) is 0 Å². The summed E-state index contributed by atoms with van der Waals surface area (Å²) in [6.07, 6.45) is 10.0. The van der Waals surface area contributed by atoms with Gasteiger partial charge in [-0.15, -0.1) is 0 Å². The molecule has 0 unspecified atom stereocenters. The van der Waals surface area contributed by atoms with Gasteiger partial charge in [0.25, 0.3) is 0 Å². The first-order chi connectivity index (χ1) is 12.2. The van der Waals surface area contributed by atoms with E-state index in [0.29, 0.717) is 19.0 Å². The molecule has 0 aromatic heterocycles. The van der Waals surface area contributed by atoms with Crippen molar-refractivity contribution in [3.05, 3.63) is 11.6 Å². The second-order valence-electron chi connectivity index (χ2n) is 7.10. The summed E-state index contributed by atoms with van der Waals surface area (Å²) in [4.78, 5) is 26.2. The van der Waals surface area contributed by atoms with E-state index in [0.717, 1.165) is 58.3 Å². The van der Waals surface area contributed by atoms with Crippen LogP contribution in [-0.4, -0.2) is 63.2 Å². The van der Waals surface area contributed by atoms with E-state index in [1.54, 1.807) is 7.11 Å². The Morgan fingerprint density at radius 2 is 1.96 bits per heavy atom. The van der Waals surface area contributed by atoms with Crippen LogP contribution in [0.1, 0.15) is 44.9 Å². The number of hydrogen-bond acceptors (Lipinski definition) is 4.